The van der Waals surface area contributed by atoms with Gasteiger partial charge in [0.05, 0.1) is 12.6 Å². The summed E-state index contributed by atoms with van der Waals surface area (Å²) < 4.78 is 17.8. The molecule has 1 aromatic heterocycles. The standard InChI is InChI=1S/C14H12FN3O5/c1-17(14(20)11-5-6-13(23-11)18(21)22)8-12(19)16-10-4-2-3-9(15)7-10/h2-7H,8H2,1H3,(H,16,19). The molecule has 2 amide bonds. The van der Waals surface area contributed by atoms with Crippen LogP contribution < -0.4 is 5.32 Å². The second-order valence-electron chi connectivity index (χ2n) is 4.61. The summed E-state index contributed by atoms with van der Waals surface area (Å²) in [6, 6.07) is 7.50. The van der Waals surface area contributed by atoms with Gasteiger partial charge in [0.2, 0.25) is 5.91 Å². The van der Waals surface area contributed by atoms with Crippen LogP contribution in [0.25, 0.3) is 0 Å². The minimum atomic E-state index is -0.770. The Morgan fingerprint density at radius 3 is 2.70 bits per heavy atom. The number of likely N-dealkylation sites (N-methyl/N-ethyl adjacent to an activating group) is 1. The fourth-order valence-corrected chi connectivity index (χ4v) is 1.78. The van der Waals surface area contributed by atoms with E-state index in [1.807, 2.05) is 0 Å². The number of rotatable bonds is 5. The number of carbonyl (C=O) groups is 2. The van der Waals surface area contributed by atoms with E-state index in [1.165, 1.54) is 25.2 Å². The van der Waals surface area contributed by atoms with E-state index in [0.29, 0.717) is 0 Å². The molecule has 0 saturated carbocycles. The van der Waals surface area contributed by atoms with Gasteiger partial charge in [0.25, 0.3) is 5.91 Å². The molecule has 2 rings (SSSR count). The predicted octanol–water partition coefficient (Wildman–Crippen LogP) is 2.04. The Hall–Kier alpha value is -3.23. The molecule has 2 aromatic rings. The van der Waals surface area contributed by atoms with Crippen molar-refractivity contribution in [2.45, 2.75) is 0 Å². The van der Waals surface area contributed by atoms with Gasteiger partial charge in [0.15, 0.2) is 5.76 Å². The first-order chi connectivity index (χ1) is 10.9. The number of nitrogens with one attached hydrogen (secondary N) is 1. The molecule has 0 saturated heterocycles. The van der Waals surface area contributed by atoms with E-state index in [0.717, 1.165) is 23.1 Å². The Balaban J connectivity index is 1.97. The molecule has 120 valence electrons. The SMILES string of the molecule is CN(CC(=O)Nc1cccc(F)c1)C(=O)c1ccc([N+](=O)[O-])o1. The van der Waals surface area contributed by atoms with Crippen LogP contribution in [0.2, 0.25) is 0 Å². The topological polar surface area (TPSA) is 106 Å². The summed E-state index contributed by atoms with van der Waals surface area (Å²) in [6.45, 7) is -0.330. The molecule has 0 spiro atoms. The Kier molecular flexibility index (Phi) is 4.69. The summed E-state index contributed by atoms with van der Waals surface area (Å²) >= 11 is 0. The van der Waals surface area contributed by atoms with Crippen LogP contribution in [0, 0.1) is 15.9 Å². The molecule has 0 radical (unpaired) electrons. The average Bonchev–Trinajstić information content (AvgIpc) is 2.96. The highest BCUT2D eigenvalue weighted by molar-refractivity contribution is 5.98. The normalized spacial score (nSPS) is 10.2. The lowest BCUT2D eigenvalue weighted by Gasteiger charge is -2.15. The van der Waals surface area contributed by atoms with E-state index >= 15 is 0 Å². The summed E-state index contributed by atoms with van der Waals surface area (Å²) in [7, 11) is 1.34. The lowest BCUT2D eigenvalue weighted by Crippen LogP contribution is -2.34. The van der Waals surface area contributed by atoms with E-state index in [-0.39, 0.29) is 18.0 Å². The summed E-state index contributed by atoms with van der Waals surface area (Å²) in [4.78, 5) is 34.6. The number of nitrogens with zero attached hydrogens (tertiary/aromatic N) is 2. The molecule has 0 aliphatic rings. The molecule has 0 aliphatic heterocycles. The number of carbonyl (C=O) groups excluding carboxylic acids is 2. The highest BCUT2D eigenvalue weighted by Crippen LogP contribution is 2.17. The van der Waals surface area contributed by atoms with E-state index < -0.39 is 28.4 Å². The number of amides is 2. The maximum absolute atomic E-state index is 13.0. The molecule has 0 unspecified atom stereocenters. The zero-order valence-electron chi connectivity index (χ0n) is 12.0. The molecule has 1 N–H and O–H groups in total. The van der Waals surface area contributed by atoms with Gasteiger partial charge in [0, 0.05) is 12.7 Å². The van der Waals surface area contributed by atoms with E-state index in [1.54, 1.807) is 0 Å². The summed E-state index contributed by atoms with van der Waals surface area (Å²) in [6.07, 6.45) is 0. The highest BCUT2D eigenvalue weighted by Gasteiger charge is 2.21. The molecule has 0 bridgehead atoms. The number of halogens is 1. The first-order valence-electron chi connectivity index (χ1n) is 6.42. The molecular formula is C14H12FN3O5. The van der Waals surface area contributed by atoms with Crippen LogP contribution in [-0.2, 0) is 4.79 Å². The van der Waals surface area contributed by atoms with Gasteiger partial charge in [-0.3, -0.25) is 19.7 Å². The van der Waals surface area contributed by atoms with Crippen molar-refractivity contribution in [3.8, 4) is 0 Å². The van der Waals surface area contributed by atoms with Crippen molar-refractivity contribution >= 4 is 23.4 Å². The van der Waals surface area contributed by atoms with Crippen molar-refractivity contribution in [1.82, 2.24) is 4.90 Å². The zero-order valence-corrected chi connectivity index (χ0v) is 12.0. The zero-order chi connectivity index (χ0) is 17.0. The van der Waals surface area contributed by atoms with Gasteiger partial charge in [-0.1, -0.05) is 6.07 Å². The van der Waals surface area contributed by atoms with Crippen LogP contribution in [0.5, 0.6) is 0 Å². The molecule has 23 heavy (non-hydrogen) atoms. The van der Waals surface area contributed by atoms with Gasteiger partial charge < -0.3 is 14.6 Å². The van der Waals surface area contributed by atoms with Crippen LogP contribution in [0.1, 0.15) is 10.6 Å². The molecular weight excluding hydrogens is 309 g/mol. The van der Waals surface area contributed by atoms with Crippen molar-refractivity contribution in [2.75, 3.05) is 18.9 Å². The Labute approximate surface area is 129 Å². The predicted molar refractivity (Wildman–Crippen MR) is 77.4 cm³/mol. The van der Waals surface area contributed by atoms with Crippen LogP contribution in [-0.4, -0.2) is 35.2 Å². The van der Waals surface area contributed by atoms with Crippen LogP contribution >= 0.6 is 0 Å². The Bertz CT molecular complexity index is 758. The molecule has 1 heterocycles. The van der Waals surface area contributed by atoms with Crippen LogP contribution in [0.15, 0.2) is 40.8 Å². The maximum atomic E-state index is 13.0. The van der Waals surface area contributed by atoms with Gasteiger partial charge >= 0.3 is 5.88 Å². The lowest BCUT2D eigenvalue weighted by atomic mass is 10.3. The number of benzene rings is 1. The van der Waals surface area contributed by atoms with Gasteiger partial charge in [-0.25, -0.2) is 4.39 Å². The van der Waals surface area contributed by atoms with Gasteiger partial charge in [-0.05, 0) is 24.3 Å². The maximum Gasteiger partial charge on any atom is 0.433 e. The van der Waals surface area contributed by atoms with Crippen molar-refractivity contribution in [3.05, 3.63) is 58.1 Å². The second-order valence-corrected chi connectivity index (χ2v) is 4.61. The minimum Gasteiger partial charge on any atom is -0.395 e. The molecule has 8 nitrogen and oxygen atoms in total. The van der Waals surface area contributed by atoms with Crippen molar-refractivity contribution in [1.29, 1.82) is 0 Å². The van der Waals surface area contributed by atoms with Crippen molar-refractivity contribution in [3.63, 3.8) is 0 Å². The van der Waals surface area contributed by atoms with Crippen LogP contribution in [0.4, 0.5) is 16.0 Å². The first kappa shape index (κ1) is 16.1. The molecule has 1 aromatic carbocycles. The third-order valence-corrected chi connectivity index (χ3v) is 2.82. The second kappa shape index (κ2) is 6.69. The smallest absolute Gasteiger partial charge is 0.395 e. The molecule has 0 fully saturated rings. The van der Waals surface area contributed by atoms with Gasteiger partial charge in [-0.2, -0.15) is 0 Å². The summed E-state index contributed by atoms with van der Waals surface area (Å²) in [5, 5.41) is 12.9. The number of hydrogen-bond acceptors (Lipinski definition) is 5. The number of nitro groups is 1. The molecule has 9 heteroatoms. The lowest BCUT2D eigenvalue weighted by molar-refractivity contribution is -0.402. The quantitative estimate of drug-likeness (QED) is 0.670. The molecule has 0 aliphatic carbocycles. The largest absolute Gasteiger partial charge is 0.433 e. The van der Waals surface area contributed by atoms with E-state index in [4.69, 9.17) is 4.42 Å². The Morgan fingerprint density at radius 1 is 1.35 bits per heavy atom. The van der Waals surface area contributed by atoms with E-state index in [2.05, 4.69) is 5.32 Å². The highest BCUT2D eigenvalue weighted by atomic mass is 19.1. The number of anilines is 1. The van der Waals surface area contributed by atoms with E-state index in [9.17, 15) is 24.1 Å². The summed E-state index contributed by atoms with van der Waals surface area (Å²) in [5.41, 5.74) is 0.254. The molecule has 0 atom stereocenters. The van der Waals surface area contributed by atoms with Gasteiger partial charge in [0.1, 0.15) is 10.7 Å². The Morgan fingerprint density at radius 2 is 2.09 bits per heavy atom. The van der Waals surface area contributed by atoms with Crippen molar-refractivity contribution in [2.24, 2.45) is 0 Å². The monoisotopic (exact) mass is 321 g/mol. The van der Waals surface area contributed by atoms with Crippen molar-refractivity contribution < 1.29 is 23.3 Å². The third kappa shape index (κ3) is 4.13. The average molecular weight is 321 g/mol. The fourth-order valence-electron chi connectivity index (χ4n) is 1.78. The summed E-state index contributed by atoms with van der Waals surface area (Å²) in [5.74, 6) is -2.56. The third-order valence-electron chi connectivity index (χ3n) is 2.82. The fraction of sp³-hybridized carbons (Fsp3) is 0.143. The van der Waals surface area contributed by atoms with Gasteiger partial charge in [-0.15, -0.1) is 0 Å². The number of furan rings is 1. The first-order valence-corrected chi connectivity index (χ1v) is 6.42. The minimum absolute atomic E-state index is 0.252. The van der Waals surface area contributed by atoms with Crippen LogP contribution in [0.3, 0.4) is 0 Å². The number of hydrogen-bond donors (Lipinski definition) is 1.